The molecule has 0 aliphatic rings. The van der Waals surface area contributed by atoms with Crippen molar-refractivity contribution in [3.63, 3.8) is 0 Å². The average Bonchev–Trinajstić information content (AvgIpc) is 2.50. The van der Waals surface area contributed by atoms with Gasteiger partial charge in [-0.3, -0.25) is 4.79 Å². The molecule has 0 unspecified atom stereocenters. The first-order valence-electron chi connectivity index (χ1n) is 6.55. The van der Waals surface area contributed by atoms with E-state index in [2.05, 4.69) is 10.5 Å². The highest BCUT2D eigenvalue weighted by atomic mass is 16.5. The highest BCUT2D eigenvalue weighted by Gasteiger charge is 2.04. The van der Waals surface area contributed by atoms with Crippen LogP contribution in [-0.4, -0.2) is 23.8 Å². The molecule has 5 nitrogen and oxygen atoms in total. The minimum Gasteiger partial charge on any atom is -0.508 e. The normalized spacial score (nSPS) is 10.5. The monoisotopic (exact) mass is 284 g/mol. The lowest BCUT2D eigenvalue weighted by Gasteiger charge is -2.05. The molecule has 0 saturated heterocycles. The molecule has 0 radical (unpaired) electrons. The molecular formula is C16H16N2O3. The zero-order chi connectivity index (χ0) is 15.1. The van der Waals surface area contributed by atoms with E-state index in [0.717, 1.165) is 5.56 Å². The van der Waals surface area contributed by atoms with Gasteiger partial charge in [0.2, 0.25) is 0 Å². The van der Waals surface area contributed by atoms with Crippen LogP contribution in [0.3, 0.4) is 0 Å². The summed E-state index contributed by atoms with van der Waals surface area (Å²) >= 11 is 0. The average molecular weight is 284 g/mol. The largest absolute Gasteiger partial charge is 0.508 e. The summed E-state index contributed by atoms with van der Waals surface area (Å²) in [6.45, 7) is 2.46. The lowest BCUT2D eigenvalue weighted by molar-refractivity contribution is 0.0955. The maximum Gasteiger partial charge on any atom is 0.271 e. The van der Waals surface area contributed by atoms with E-state index in [1.807, 2.05) is 31.2 Å². The van der Waals surface area contributed by atoms with Crippen LogP contribution in [0.15, 0.2) is 53.6 Å². The van der Waals surface area contributed by atoms with Gasteiger partial charge in [0.25, 0.3) is 5.91 Å². The molecule has 0 fully saturated rings. The van der Waals surface area contributed by atoms with Crippen LogP contribution < -0.4 is 10.2 Å². The van der Waals surface area contributed by atoms with Crippen molar-refractivity contribution in [1.29, 1.82) is 0 Å². The summed E-state index contributed by atoms with van der Waals surface area (Å²) in [5.74, 6) is 0.475. The van der Waals surface area contributed by atoms with Gasteiger partial charge in [-0.1, -0.05) is 12.1 Å². The number of amides is 1. The molecule has 2 aromatic carbocycles. The number of rotatable bonds is 5. The molecule has 2 N–H and O–H groups in total. The number of nitrogens with one attached hydrogen (secondary N) is 1. The Morgan fingerprint density at radius 3 is 2.67 bits per heavy atom. The third-order valence-corrected chi connectivity index (χ3v) is 2.72. The van der Waals surface area contributed by atoms with Gasteiger partial charge < -0.3 is 9.84 Å². The van der Waals surface area contributed by atoms with Gasteiger partial charge >= 0.3 is 0 Å². The summed E-state index contributed by atoms with van der Waals surface area (Å²) in [7, 11) is 0. The van der Waals surface area contributed by atoms with Crippen molar-refractivity contribution in [2.75, 3.05) is 6.61 Å². The molecule has 2 aromatic rings. The summed E-state index contributed by atoms with van der Waals surface area (Å²) < 4.78 is 5.46. The number of ether oxygens (including phenoxy) is 1. The fourth-order valence-electron chi connectivity index (χ4n) is 1.71. The lowest BCUT2D eigenvalue weighted by atomic mass is 10.2. The van der Waals surface area contributed by atoms with E-state index in [-0.39, 0.29) is 11.7 Å². The number of para-hydroxylation sites is 1. The molecule has 108 valence electrons. The first-order chi connectivity index (χ1) is 10.2. The van der Waals surface area contributed by atoms with Gasteiger partial charge in [0, 0.05) is 11.1 Å². The van der Waals surface area contributed by atoms with E-state index in [1.165, 1.54) is 30.5 Å². The van der Waals surface area contributed by atoms with Crippen LogP contribution in [0.25, 0.3) is 0 Å². The van der Waals surface area contributed by atoms with E-state index in [9.17, 15) is 4.79 Å². The Morgan fingerprint density at radius 2 is 1.95 bits per heavy atom. The molecule has 0 aliphatic heterocycles. The van der Waals surface area contributed by atoms with Crippen molar-refractivity contribution < 1.29 is 14.6 Å². The van der Waals surface area contributed by atoms with E-state index < -0.39 is 0 Å². The van der Waals surface area contributed by atoms with Crippen LogP contribution in [0, 0.1) is 0 Å². The molecule has 0 bridgehead atoms. The number of phenols is 1. The maximum absolute atomic E-state index is 11.8. The van der Waals surface area contributed by atoms with Crippen LogP contribution >= 0.6 is 0 Å². The predicted molar refractivity (Wildman–Crippen MR) is 80.8 cm³/mol. The number of hydrazone groups is 1. The molecule has 2 rings (SSSR count). The van der Waals surface area contributed by atoms with E-state index in [0.29, 0.717) is 17.9 Å². The van der Waals surface area contributed by atoms with Crippen molar-refractivity contribution in [3.05, 3.63) is 59.7 Å². The van der Waals surface area contributed by atoms with Gasteiger partial charge in [-0.2, -0.15) is 5.10 Å². The Bertz CT molecular complexity index is 636. The number of aromatic hydroxyl groups is 1. The Kier molecular flexibility index (Phi) is 4.93. The summed E-state index contributed by atoms with van der Waals surface area (Å²) in [6.07, 6.45) is 1.53. The van der Waals surface area contributed by atoms with Gasteiger partial charge in [0.05, 0.1) is 12.8 Å². The molecule has 0 spiro atoms. The molecule has 5 heteroatoms. The highest BCUT2D eigenvalue weighted by molar-refractivity contribution is 5.95. The minimum atomic E-state index is -0.347. The third-order valence-electron chi connectivity index (χ3n) is 2.72. The summed E-state index contributed by atoms with van der Waals surface area (Å²) in [4.78, 5) is 11.8. The first-order valence-corrected chi connectivity index (χ1v) is 6.55. The Hall–Kier alpha value is -2.82. The van der Waals surface area contributed by atoms with Gasteiger partial charge in [-0.25, -0.2) is 5.43 Å². The van der Waals surface area contributed by atoms with Crippen LogP contribution in [0.5, 0.6) is 11.5 Å². The molecule has 0 aromatic heterocycles. The van der Waals surface area contributed by atoms with Crippen LogP contribution in [0.2, 0.25) is 0 Å². The lowest BCUT2D eigenvalue weighted by Crippen LogP contribution is -2.17. The van der Waals surface area contributed by atoms with E-state index in [4.69, 9.17) is 9.84 Å². The van der Waals surface area contributed by atoms with Crippen LogP contribution in [-0.2, 0) is 0 Å². The molecule has 21 heavy (non-hydrogen) atoms. The van der Waals surface area contributed by atoms with Crippen molar-refractivity contribution >= 4 is 12.1 Å². The minimum absolute atomic E-state index is 0.112. The molecule has 1 amide bonds. The second-order valence-corrected chi connectivity index (χ2v) is 4.22. The van der Waals surface area contributed by atoms with Crippen molar-refractivity contribution in [3.8, 4) is 11.5 Å². The van der Waals surface area contributed by atoms with Gasteiger partial charge in [-0.15, -0.1) is 0 Å². The zero-order valence-electron chi connectivity index (χ0n) is 11.6. The summed E-state index contributed by atoms with van der Waals surface area (Å²) in [6, 6.07) is 13.4. The number of carbonyl (C=O) groups excluding carboxylic acids is 1. The Labute approximate surface area is 122 Å². The smallest absolute Gasteiger partial charge is 0.271 e. The predicted octanol–water partition coefficient (Wildman–Crippen LogP) is 2.55. The molecule has 0 atom stereocenters. The molecule has 0 heterocycles. The van der Waals surface area contributed by atoms with E-state index in [1.54, 1.807) is 0 Å². The number of hydrogen-bond acceptors (Lipinski definition) is 4. The molecular weight excluding hydrogens is 268 g/mol. The topological polar surface area (TPSA) is 70.9 Å². The number of carbonyl (C=O) groups is 1. The van der Waals surface area contributed by atoms with Crippen molar-refractivity contribution in [1.82, 2.24) is 5.43 Å². The first kappa shape index (κ1) is 14.6. The van der Waals surface area contributed by atoms with E-state index >= 15 is 0 Å². The Morgan fingerprint density at radius 1 is 1.24 bits per heavy atom. The zero-order valence-corrected chi connectivity index (χ0v) is 11.6. The van der Waals surface area contributed by atoms with Gasteiger partial charge in [0.1, 0.15) is 11.5 Å². The number of nitrogens with zero attached hydrogens (tertiary/aromatic N) is 1. The van der Waals surface area contributed by atoms with Crippen molar-refractivity contribution in [2.45, 2.75) is 6.92 Å². The molecule has 0 saturated carbocycles. The van der Waals surface area contributed by atoms with Crippen LogP contribution in [0.1, 0.15) is 22.8 Å². The quantitative estimate of drug-likeness (QED) is 0.654. The second kappa shape index (κ2) is 7.09. The maximum atomic E-state index is 11.8. The standard InChI is InChI=1S/C16H16N2O3/c1-2-21-15-6-4-3-5-13(15)11-17-18-16(20)12-7-9-14(19)10-8-12/h3-11,19H,2H2,1H3,(H,18,20)/b17-11-. The summed E-state index contributed by atoms with van der Waals surface area (Å²) in [5, 5.41) is 13.1. The highest BCUT2D eigenvalue weighted by Crippen LogP contribution is 2.15. The SMILES string of the molecule is CCOc1ccccc1/C=N\NC(=O)c1ccc(O)cc1. The van der Waals surface area contributed by atoms with Gasteiger partial charge in [0.15, 0.2) is 0 Å². The van der Waals surface area contributed by atoms with Crippen molar-refractivity contribution in [2.24, 2.45) is 5.10 Å². The second-order valence-electron chi connectivity index (χ2n) is 4.22. The number of phenolic OH excluding ortho intramolecular Hbond substituents is 1. The van der Waals surface area contributed by atoms with Crippen LogP contribution in [0.4, 0.5) is 0 Å². The van der Waals surface area contributed by atoms with Gasteiger partial charge in [-0.05, 0) is 43.3 Å². The number of benzene rings is 2. The Balaban J connectivity index is 2.02. The summed E-state index contributed by atoms with van der Waals surface area (Å²) in [5.41, 5.74) is 3.63. The third kappa shape index (κ3) is 4.07. The fraction of sp³-hybridized carbons (Fsp3) is 0.125. The fourth-order valence-corrected chi connectivity index (χ4v) is 1.71. The number of hydrogen-bond donors (Lipinski definition) is 2. The molecule has 0 aliphatic carbocycles.